The van der Waals surface area contributed by atoms with Gasteiger partial charge in [0.15, 0.2) is 0 Å². The minimum Gasteiger partial charge on any atom is -0.357 e. The van der Waals surface area contributed by atoms with E-state index in [-0.39, 0.29) is 5.91 Å². The van der Waals surface area contributed by atoms with Crippen LogP contribution in [0.4, 0.5) is 5.82 Å². The third kappa shape index (κ3) is 3.41. The molecule has 0 saturated carbocycles. The Morgan fingerprint density at radius 3 is 2.50 bits per heavy atom. The summed E-state index contributed by atoms with van der Waals surface area (Å²) in [7, 11) is 0. The topological polar surface area (TPSA) is 57.3 Å². The van der Waals surface area contributed by atoms with Crippen LogP contribution >= 0.6 is 0 Å². The van der Waals surface area contributed by atoms with Gasteiger partial charge in [-0.1, -0.05) is 6.92 Å². The van der Waals surface area contributed by atoms with Gasteiger partial charge in [0.05, 0.1) is 5.56 Å². The smallest absolute Gasteiger partial charge is 0.253 e. The Hall–Kier alpha value is -1.62. The van der Waals surface area contributed by atoms with Gasteiger partial charge in [-0.25, -0.2) is 4.98 Å². The van der Waals surface area contributed by atoms with E-state index in [1.54, 1.807) is 6.20 Å². The number of pyridine rings is 1. The molecule has 5 nitrogen and oxygen atoms in total. The molecular formula is C19H28N4O. The van der Waals surface area contributed by atoms with Crippen molar-refractivity contribution < 1.29 is 4.79 Å². The molecule has 1 amide bonds. The van der Waals surface area contributed by atoms with Crippen LogP contribution in [0.15, 0.2) is 18.3 Å². The normalized spacial score (nSPS) is 30.4. The van der Waals surface area contributed by atoms with Gasteiger partial charge in [0.1, 0.15) is 5.82 Å². The van der Waals surface area contributed by atoms with Gasteiger partial charge >= 0.3 is 0 Å². The maximum Gasteiger partial charge on any atom is 0.253 e. The fourth-order valence-corrected chi connectivity index (χ4v) is 4.39. The van der Waals surface area contributed by atoms with Crippen LogP contribution in [0.2, 0.25) is 0 Å². The van der Waals surface area contributed by atoms with Crippen LogP contribution in [0.5, 0.6) is 0 Å². The third-order valence-corrected chi connectivity index (χ3v) is 5.93. The van der Waals surface area contributed by atoms with Crippen LogP contribution in [0.25, 0.3) is 0 Å². The number of hydrogen-bond acceptors (Lipinski definition) is 4. The second-order valence-corrected chi connectivity index (χ2v) is 7.85. The predicted octanol–water partition coefficient (Wildman–Crippen LogP) is 2.33. The lowest BCUT2D eigenvalue weighted by atomic mass is 9.99. The molecule has 24 heavy (non-hydrogen) atoms. The standard InChI is InChI=1S/C19H28N4O/c1-13-6-8-23(9-7-13)18-5-2-14(12-20-18)19(24)22-17-10-15-3-4-16(11-17)21-15/h2,5,12-13,15-17,21H,3-4,6-11H2,1H3,(H,22,24). The van der Waals surface area contributed by atoms with Gasteiger partial charge in [0.25, 0.3) is 5.91 Å². The van der Waals surface area contributed by atoms with Gasteiger partial charge < -0.3 is 15.5 Å². The largest absolute Gasteiger partial charge is 0.357 e. The Labute approximate surface area is 144 Å². The summed E-state index contributed by atoms with van der Waals surface area (Å²) in [6.45, 7) is 4.44. The number of carbonyl (C=O) groups is 1. The summed E-state index contributed by atoms with van der Waals surface area (Å²) in [6, 6.07) is 5.41. The van der Waals surface area contributed by atoms with E-state index in [0.29, 0.717) is 23.7 Å². The van der Waals surface area contributed by atoms with Crippen molar-refractivity contribution in [2.24, 2.45) is 5.92 Å². The fraction of sp³-hybridized carbons (Fsp3) is 0.684. The van der Waals surface area contributed by atoms with Gasteiger partial charge in [-0.15, -0.1) is 0 Å². The minimum absolute atomic E-state index is 0.0209. The van der Waals surface area contributed by atoms with E-state index in [0.717, 1.165) is 37.7 Å². The van der Waals surface area contributed by atoms with Crippen LogP contribution in [0, 0.1) is 5.92 Å². The molecule has 3 saturated heterocycles. The number of nitrogens with zero attached hydrogens (tertiary/aromatic N) is 2. The highest BCUT2D eigenvalue weighted by molar-refractivity contribution is 5.94. The molecule has 3 aliphatic rings. The SMILES string of the molecule is CC1CCN(c2ccc(C(=O)NC3CC4CCC(C3)N4)cn2)CC1. The van der Waals surface area contributed by atoms with Crippen molar-refractivity contribution in [1.82, 2.24) is 15.6 Å². The van der Waals surface area contributed by atoms with Gasteiger partial charge in [0, 0.05) is 37.4 Å². The second-order valence-electron chi connectivity index (χ2n) is 7.85. The zero-order valence-corrected chi connectivity index (χ0v) is 14.5. The molecule has 2 N–H and O–H groups in total. The molecule has 0 aliphatic carbocycles. The number of anilines is 1. The van der Waals surface area contributed by atoms with Crippen molar-refractivity contribution in [2.75, 3.05) is 18.0 Å². The number of piperidine rings is 2. The molecule has 1 aromatic heterocycles. The molecule has 130 valence electrons. The summed E-state index contributed by atoms with van der Waals surface area (Å²) >= 11 is 0. The first-order valence-corrected chi connectivity index (χ1v) is 9.45. The Morgan fingerprint density at radius 1 is 1.17 bits per heavy atom. The summed E-state index contributed by atoms with van der Waals surface area (Å²) < 4.78 is 0. The predicted molar refractivity (Wildman–Crippen MR) is 95.3 cm³/mol. The van der Waals surface area contributed by atoms with Gasteiger partial charge in [-0.05, 0) is 56.6 Å². The summed E-state index contributed by atoms with van der Waals surface area (Å²) in [5.41, 5.74) is 0.676. The maximum absolute atomic E-state index is 12.5. The first-order chi connectivity index (χ1) is 11.7. The first-order valence-electron chi connectivity index (χ1n) is 9.45. The monoisotopic (exact) mass is 328 g/mol. The summed E-state index contributed by atoms with van der Waals surface area (Å²) in [6.07, 6.45) is 8.80. The number of amides is 1. The van der Waals surface area contributed by atoms with Crippen LogP contribution in [0.3, 0.4) is 0 Å². The Bertz CT molecular complexity index is 568. The van der Waals surface area contributed by atoms with Crippen LogP contribution < -0.4 is 15.5 Å². The molecule has 5 heteroatoms. The second kappa shape index (κ2) is 6.71. The number of carbonyl (C=O) groups excluding carboxylic acids is 1. The molecule has 2 bridgehead atoms. The van der Waals surface area contributed by atoms with Crippen molar-refractivity contribution in [2.45, 2.75) is 63.6 Å². The van der Waals surface area contributed by atoms with Gasteiger partial charge in [-0.2, -0.15) is 0 Å². The Morgan fingerprint density at radius 2 is 1.88 bits per heavy atom. The number of hydrogen-bond donors (Lipinski definition) is 2. The van der Waals surface area contributed by atoms with E-state index < -0.39 is 0 Å². The molecule has 0 spiro atoms. The van der Waals surface area contributed by atoms with E-state index in [1.165, 1.54) is 25.7 Å². The van der Waals surface area contributed by atoms with Crippen molar-refractivity contribution in [3.05, 3.63) is 23.9 Å². The number of rotatable bonds is 3. The summed E-state index contributed by atoms with van der Waals surface area (Å²) in [5.74, 6) is 1.83. The van der Waals surface area contributed by atoms with E-state index in [9.17, 15) is 4.79 Å². The molecule has 3 aliphatic heterocycles. The van der Waals surface area contributed by atoms with Crippen molar-refractivity contribution in [3.63, 3.8) is 0 Å². The third-order valence-electron chi connectivity index (χ3n) is 5.93. The molecule has 0 aromatic carbocycles. The van der Waals surface area contributed by atoms with Crippen LogP contribution in [0.1, 0.15) is 55.8 Å². The van der Waals surface area contributed by atoms with Crippen molar-refractivity contribution in [3.8, 4) is 0 Å². The van der Waals surface area contributed by atoms with Crippen LogP contribution in [-0.4, -0.2) is 42.1 Å². The van der Waals surface area contributed by atoms with Crippen molar-refractivity contribution >= 4 is 11.7 Å². The number of nitrogens with one attached hydrogen (secondary N) is 2. The molecule has 3 fully saturated rings. The van der Waals surface area contributed by atoms with Crippen molar-refractivity contribution in [1.29, 1.82) is 0 Å². The lowest BCUT2D eigenvalue weighted by Gasteiger charge is -2.31. The van der Waals surface area contributed by atoms with E-state index in [1.807, 2.05) is 12.1 Å². The van der Waals surface area contributed by atoms with E-state index >= 15 is 0 Å². The van der Waals surface area contributed by atoms with E-state index in [4.69, 9.17) is 0 Å². The minimum atomic E-state index is 0.0209. The Kier molecular flexibility index (Phi) is 4.44. The molecule has 4 rings (SSSR count). The molecule has 4 heterocycles. The highest BCUT2D eigenvalue weighted by Crippen LogP contribution is 2.27. The molecule has 2 atom stereocenters. The van der Waals surface area contributed by atoms with Crippen LogP contribution in [-0.2, 0) is 0 Å². The first kappa shape index (κ1) is 15.9. The molecule has 0 radical (unpaired) electrons. The lowest BCUT2D eigenvalue weighted by Crippen LogP contribution is -2.48. The molecular weight excluding hydrogens is 300 g/mol. The van der Waals surface area contributed by atoms with Gasteiger partial charge in [0.2, 0.25) is 0 Å². The molecule has 1 aromatic rings. The average Bonchev–Trinajstić information content (AvgIpc) is 2.94. The summed E-state index contributed by atoms with van der Waals surface area (Å²) in [4.78, 5) is 19.4. The maximum atomic E-state index is 12.5. The molecule has 2 unspecified atom stereocenters. The number of aromatic nitrogens is 1. The average molecular weight is 328 g/mol. The zero-order chi connectivity index (χ0) is 16.5. The highest BCUT2D eigenvalue weighted by atomic mass is 16.1. The highest BCUT2D eigenvalue weighted by Gasteiger charge is 2.34. The fourth-order valence-electron chi connectivity index (χ4n) is 4.39. The van der Waals surface area contributed by atoms with E-state index in [2.05, 4.69) is 27.4 Å². The zero-order valence-electron chi connectivity index (χ0n) is 14.5. The summed E-state index contributed by atoms with van der Waals surface area (Å²) in [5, 5.41) is 6.82. The van der Waals surface area contributed by atoms with Gasteiger partial charge in [-0.3, -0.25) is 4.79 Å². The lowest BCUT2D eigenvalue weighted by molar-refractivity contribution is 0.0923. The quantitative estimate of drug-likeness (QED) is 0.894. The number of fused-ring (bicyclic) bond motifs is 2. The Balaban J connectivity index is 1.35.